The number of hydrogen-bond acceptors (Lipinski definition) is 3. The molecule has 1 rings (SSSR count). The number of aromatic nitrogens is 1. The lowest BCUT2D eigenvalue weighted by Crippen LogP contribution is -1.93. The highest BCUT2D eigenvalue weighted by Gasteiger charge is 2.01. The van der Waals surface area contributed by atoms with Crippen LogP contribution in [0.2, 0.25) is 0 Å². The molecule has 0 bridgehead atoms. The summed E-state index contributed by atoms with van der Waals surface area (Å²) < 4.78 is 0. The zero-order chi connectivity index (χ0) is 9.68. The maximum Gasteiger partial charge on any atom is 0.186 e. The van der Waals surface area contributed by atoms with Gasteiger partial charge in [0.25, 0.3) is 0 Å². The van der Waals surface area contributed by atoms with Gasteiger partial charge >= 0.3 is 0 Å². The molecule has 0 saturated heterocycles. The van der Waals surface area contributed by atoms with Crippen molar-refractivity contribution in [1.29, 1.82) is 0 Å². The summed E-state index contributed by atoms with van der Waals surface area (Å²) in [5.41, 5.74) is 1.18. The third-order valence-electron chi connectivity index (χ3n) is 1.76. The summed E-state index contributed by atoms with van der Waals surface area (Å²) in [5.74, 6) is 0.748. The predicted molar refractivity (Wildman–Crippen MR) is 59.1 cm³/mol. The fourth-order valence-corrected chi connectivity index (χ4v) is 1.75. The number of hydrogen-bond donors (Lipinski definition) is 1. The Kier molecular flexibility index (Phi) is 3.96. The maximum absolute atomic E-state index is 4.41. The smallest absolute Gasteiger partial charge is 0.186 e. The summed E-state index contributed by atoms with van der Waals surface area (Å²) in [6.07, 6.45) is 3.94. The van der Waals surface area contributed by atoms with E-state index in [1.807, 2.05) is 0 Å². The number of anilines is 1. The Labute approximate surface area is 83.7 Å². The number of thiazole rings is 1. The van der Waals surface area contributed by atoms with Crippen LogP contribution in [-0.4, -0.2) is 4.98 Å². The van der Waals surface area contributed by atoms with Crippen LogP contribution in [-0.2, 0) is 6.42 Å². The molecule has 1 aromatic heterocycles. The Hall–Kier alpha value is -0.830. The monoisotopic (exact) mass is 196 g/mol. The van der Waals surface area contributed by atoms with Gasteiger partial charge < -0.3 is 5.32 Å². The lowest BCUT2D eigenvalue weighted by Gasteiger charge is -2.00. The zero-order valence-electron chi connectivity index (χ0n) is 8.21. The number of nitrogens with one attached hydrogen (secondary N) is 1. The highest BCUT2D eigenvalue weighted by Crippen LogP contribution is 2.17. The van der Waals surface area contributed by atoms with Crippen LogP contribution in [0.25, 0.3) is 0 Å². The number of nitrogens with zero attached hydrogens (tertiary/aromatic N) is 1. The van der Waals surface area contributed by atoms with Gasteiger partial charge in [0.2, 0.25) is 0 Å². The maximum atomic E-state index is 4.41. The van der Waals surface area contributed by atoms with Crippen LogP contribution < -0.4 is 5.32 Å². The van der Waals surface area contributed by atoms with Gasteiger partial charge in [-0.2, -0.15) is 0 Å². The minimum atomic E-state index is 0.748. The first kappa shape index (κ1) is 10.3. The van der Waals surface area contributed by atoms with Gasteiger partial charge in [-0.05, 0) is 25.0 Å². The number of aryl methyl sites for hydroxylation is 1. The standard InChI is InChI=1S/C10H16N2S/c1-4-11-10-12-9(7-13-10)6-5-8(2)3/h4,7-8H,1,5-6H2,2-3H3,(H,11,12). The molecule has 13 heavy (non-hydrogen) atoms. The van der Waals surface area contributed by atoms with E-state index in [0.717, 1.165) is 17.5 Å². The third kappa shape index (κ3) is 3.59. The van der Waals surface area contributed by atoms with Crippen LogP contribution in [0.5, 0.6) is 0 Å². The Bertz CT molecular complexity index is 266. The molecule has 0 fully saturated rings. The van der Waals surface area contributed by atoms with Crippen molar-refractivity contribution < 1.29 is 0 Å². The summed E-state index contributed by atoms with van der Waals surface area (Å²) in [4.78, 5) is 4.41. The fraction of sp³-hybridized carbons (Fsp3) is 0.500. The highest BCUT2D eigenvalue weighted by molar-refractivity contribution is 7.13. The molecular formula is C10H16N2S. The summed E-state index contributed by atoms with van der Waals surface area (Å²) in [6.45, 7) is 8.06. The summed E-state index contributed by atoms with van der Waals surface area (Å²) in [7, 11) is 0. The normalized spacial score (nSPS) is 10.4. The predicted octanol–water partition coefficient (Wildman–Crippen LogP) is 3.29. The van der Waals surface area contributed by atoms with Crippen LogP contribution >= 0.6 is 11.3 Å². The highest BCUT2D eigenvalue weighted by atomic mass is 32.1. The van der Waals surface area contributed by atoms with E-state index in [9.17, 15) is 0 Å². The molecule has 2 nitrogen and oxygen atoms in total. The Morgan fingerprint density at radius 2 is 2.46 bits per heavy atom. The van der Waals surface area contributed by atoms with E-state index in [2.05, 4.69) is 36.1 Å². The van der Waals surface area contributed by atoms with Crippen LogP contribution in [0.1, 0.15) is 26.0 Å². The molecule has 1 aromatic rings. The molecule has 72 valence electrons. The molecule has 1 N–H and O–H groups in total. The second-order valence-electron chi connectivity index (χ2n) is 3.42. The molecule has 0 unspecified atom stereocenters. The van der Waals surface area contributed by atoms with Gasteiger partial charge in [-0.3, -0.25) is 0 Å². The van der Waals surface area contributed by atoms with E-state index in [-0.39, 0.29) is 0 Å². The van der Waals surface area contributed by atoms with Gasteiger partial charge in [0, 0.05) is 5.38 Å². The molecule has 0 aliphatic rings. The SMILES string of the molecule is C=CNc1nc(CCC(C)C)cs1. The van der Waals surface area contributed by atoms with E-state index >= 15 is 0 Å². The van der Waals surface area contributed by atoms with Crippen molar-refractivity contribution in [3.8, 4) is 0 Å². The van der Waals surface area contributed by atoms with E-state index < -0.39 is 0 Å². The van der Waals surface area contributed by atoms with Crippen molar-refractivity contribution in [2.75, 3.05) is 5.32 Å². The summed E-state index contributed by atoms with van der Waals surface area (Å²) in [5, 5.41) is 6.03. The third-order valence-corrected chi connectivity index (χ3v) is 2.58. The molecule has 0 spiro atoms. The molecule has 0 saturated carbocycles. The lowest BCUT2D eigenvalue weighted by atomic mass is 10.1. The van der Waals surface area contributed by atoms with Gasteiger partial charge in [-0.25, -0.2) is 4.98 Å². The van der Waals surface area contributed by atoms with Gasteiger partial charge in [-0.15, -0.1) is 11.3 Å². The first-order chi connectivity index (χ1) is 6.22. The quantitative estimate of drug-likeness (QED) is 0.781. The van der Waals surface area contributed by atoms with Crippen LogP contribution in [0.3, 0.4) is 0 Å². The molecule has 0 aliphatic heterocycles. The second-order valence-corrected chi connectivity index (χ2v) is 4.28. The van der Waals surface area contributed by atoms with Gasteiger partial charge in [0.05, 0.1) is 5.69 Å². The average molecular weight is 196 g/mol. The average Bonchev–Trinajstić information content (AvgIpc) is 2.50. The van der Waals surface area contributed by atoms with Crippen molar-refractivity contribution in [3.05, 3.63) is 23.9 Å². The van der Waals surface area contributed by atoms with E-state index in [1.165, 1.54) is 12.1 Å². The topological polar surface area (TPSA) is 24.9 Å². The largest absolute Gasteiger partial charge is 0.339 e. The van der Waals surface area contributed by atoms with E-state index in [1.54, 1.807) is 17.5 Å². The molecule has 0 radical (unpaired) electrons. The molecule has 0 atom stereocenters. The van der Waals surface area contributed by atoms with Crippen molar-refractivity contribution in [3.63, 3.8) is 0 Å². The minimum absolute atomic E-state index is 0.748. The fourth-order valence-electron chi connectivity index (χ4n) is 1.01. The summed E-state index contributed by atoms with van der Waals surface area (Å²) in [6, 6.07) is 0. The number of rotatable bonds is 5. The molecule has 3 heteroatoms. The molecular weight excluding hydrogens is 180 g/mol. The van der Waals surface area contributed by atoms with Crippen molar-refractivity contribution in [2.45, 2.75) is 26.7 Å². The molecule has 1 heterocycles. The van der Waals surface area contributed by atoms with Crippen molar-refractivity contribution in [1.82, 2.24) is 4.98 Å². The van der Waals surface area contributed by atoms with E-state index in [0.29, 0.717) is 0 Å². The zero-order valence-corrected chi connectivity index (χ0v) is 9.03. The first-order valence-electron chi connectivity index (χ1n) is 4.54. The first-order valence-corrected chi connectivity index (χ1v) is 5.42. The van der Waals surface area contributed by atoms with Gasteiger partial charge in [-0.1, -0.05) is 20.4 Å². The van der Waals surface area contributed by atoms with Crippen LogP contribution in [0, 0.1) is 5.92 Å². The minimum Gasteiger partial charge on any atom is -0.339 e. The van der Waals surface area contributed by atoms with Gasteiger partial charge in [0.1, 0.15) is 0 Å². The van der Waals surface area contributed by atoms with Crippen LogP contribution in [0.15, 0.2) is 18.2 Å². The van der Waals surface area contributed by atoms with Gasteiger partial charge in [0.15, 0.2) is 5.13 Å². The second kappa shape index (κ2) is 5.02. The summed E-state index contributed by atoms with van der Waals surface area (Å²) >= 11 is 1.63. The van der Waals surface area contributed by atoms with E-state index in [4.69, 9.17) is 0 Å². The Balaban J connectivity index is 2.44. The van der Waals surface area contributed by atoms with Crippen molar-refractivity contribution in [2.24, 2.45) is 5.92 Å². The molecule has 0 amide bonds. The van der Waals surface area contributed by atoms with Crippen LogP contribution in [0.4, 0.5) is 5.13 Å². The Morgan fingerprint density at radius 3 is 3.08 bits per heavy atom. The molecule has 0 aliphatic carbocycles. The Morgan fingerprint density at radius 1 is 1.69 bits per heavy atom. The van der Waals surface area contributed by atoms with Crippen molar-refractivity contribution >= 4 is 16.5 Å². The lowest BCUT2D eigenvalue weighted by molar-refractivity contribution is 0.582. The molecule has 0 aromatic carbocycles.